The normalized spacial score (nSPS) is 13.8. The molecule has 0 unspecified atom stereocenters. The molecule has 0 saturated heterocycles. The van der Waals surface area contributed by atoms with Crippen molar-refractivity contribution in [3.05, 3.63) is 101 Å². The molecule has 0 bridgehead atoms. The zero-order chi connectivity index (χ0) is 20.9. The number of fused-ring (bicyclic) bond motifs is 1. The van der Waals surface area contributed by atoms with E-state index in [4.69, 9.17) is 4.74 Å². The third-order valence-corrected chi connectivity index (χ3v) is 4.80. The fraction of sp³-hybridized carbons (Fsp3) is 0.0769. The number of rotatable bonds is 3. The first-order valence-electron chi connectivity index (χ1n) is 9.53. The highest BCUT2D eigenvalue weighted by atomic mass is 16.5. The summed E-state index contributed by atoms with van der Waals surface area (Å²) in [6.45, 7) is 0. The lowest BCUT2D eigenvalue weighted by Crippen LogP contribution is -2.27. The molecule has 0 aliphatic carbocycles. The molecule has 3 aromatic carbocycles. The lowest BCUT2D eigenvalue weighted by Gasteiger charge is -2.18. The van der Waals surface area contributed by atoms with Crippen LogP contribution in [-0.4, -0.2) is 18.8 Å². The summed E-state index contributed by atoms with van der Waals surface area (Å²) in [6.07, 6.45) is 2.20. The monoisotopic (exact) mass is 393 g/mol. The molecule has 0 aromatic heterocycles. The van der Waals surface area contributed by atoms with Crippen molar-refractivity contribution in [1.82, 2.24) is 0 Å². The van der Waals surface area contributed by atoms with E-state index in [-0.39, 0.29) is 11.4 Å². The van der Waals surface area contributed by atoms with Gasteiger partial charge in [-0.1, -0.05) is 54.3 Å². The molecule has 0 fully saturated rings. The molecule has 0 radical (unpaired) electrons. The van der Waals surface area contributed by atoms with Crippen LogP contribution >= 0.6 is 0 Å². The number of nitrogens with one attached hydrogen (secondary N) is 1. The number of carbonyl (C=O) groups is 2. The van der Waals surface area contributed by atoms with Crippen LogP contribution in [-0.2, 0) is 11.2 Å². The minimum Gasteiger partial charge on any atom is -0.497 e. The largest absolute Gasteiger partial charge is 0.497 e. The van der Waals surface area contributed by atoms with Gasteiger partial charge in [-0.3, -0.25) is 9.59 Å². The Morgan fingerprint density at radius 1 is 0.967 bits per heavy atom. The van der Waals surface area contributed by atoms with Crippen LogP contribution in [0.3, 0.4) is 0 Å². The van der Waals surface area contributed by atoms with Crippen molar-refractivity contribution in [3.8, 4) is 17.6 Å². The van der Waals surface area contributed by atoms with Crippen LogP contribution in [0.1, 0.15) is 27.0 Å². The highest BCUT2D eigenvalue weighted by molar-refractivity contribution is 6.36. The van der Waals surface area contributed by atoms with Gasteiger partial charge in [0.15, 0.2) is 0 Å². The third-order valence-electron chi connectivity index (χ3n) is 4.80. The van der Waals surface area contributed by atoms with Gasteiger partial charge >= 0.3 is 0 Å². The molecule has 4 rings (SSSR count). The van der Waals surface area contributed by atoms with Gasteiger partial charge in [0.05, 0.1) is 18.4 Å². The molecule has 1 aliphatic rings. The molecular formula is C26H19NO3. The second-order valence-corrected chi connectivity index (χ2v) is 6.84. The van der Waals surface area contributed by atoms with Gasteiger partial charge < -0.3 is 10.1 Å². The van der Waals surface area contributed by atoms with E-state index in [0.29, 0.717) is 17.7 Å². The zero-order valence-corrected chi connectivity index (χ0v) is 16.4. The van der Waals surface area contributed by atoms with Crippen molar-refractivity contribution in [2.75, 3.05) is 12.4 Å². The number of amides is 1. The number of methoxy groups -OCH3 is 1. The first-order chi connectivity index (χ1) is 14.6. The molecule has 0 saturated carbocycles. The first kappa shape index (κ1) is 19.2. The lowest BCUT2D eigenvalue weighted by molar-refractivity contribution is -0.112. The van der Waals surface area contributed by atoms with Gasteiger partial charge in [-0.25, -0.2) is 0 Å². The maximum absolute atomic E-state index is 13.0. The topological polar surface area (TPSA) is 55.4 Å². The van der Waals surface area contributed by atoms with Gasteiger partial charge in [-0.2, -0.15) is 0 Å². The molecule has 4 heteroatoms. The quantitative estimate of drug-likeness (QED) is 0.405. The Balaban J connectivity index is 1.57. The molecule has 146 valence electrons. The van der Waals surface area contributed by atoms with Crippen LogP contribution in [0.25, 0.3) is 6.08 Å². The summed E-state index contributed by atoms with van der Waals surface area (Å²) >= 11 is 0. The Bertz CT molecular complexity index is 1200. The predicted octanol–water partition coefficient (Wildman–Crippen LogP) is 4.51. The molecule has 1 amide bonds. The summed E-state index contributed by atoms with van der Waals surface area (Å²) in [5.41, 5.74) is 3.69. The smallest absolute Gasteiger partial charge is 0.259 e. The molecule has 30 heavy (non-hydrogen) atoms. The van der Waals surface area contributed by atoms with Gasteiger partial charge in [0, 0.05) is 17.5 Å². The summed E-state index contributed by atoms with van der Waals surface area (Å²) in [6, 6.07) is 22.3. The van der Waals surface area contributed by atoms with Crippen molar-refractivity contribution < 1.29 is 14.3 Å². The highest BCUT2D eigenvalue weighted by Crippen LogP contribution is 2.27. The summed E-state index contributed by atoms with van der Waals surface area (Å²) in [5.74, 6) is 6.35. The standard InChI is InChI=1S/C26H19NO3/c1-30-21-13-10-18(11-14-21)8-5-9-20-12-15-24-22(16-20)25(28)23(26(29)27-24)17-19-6-3-2-4-7-19/h2-4,6-7,10-17H,8H2,1H3,(H,27,29)/b23-17-. The van der Waals surface area contributed by atoms with E-state index in [2.05, 4.69) is 17.2 Å². The SMILES string of the molecule is COc1ccc(CC#Cc2ccc3c(c2)C(=O)/C(=C/c2ccccc2)C(=O)N3)cc1. The number of ketones is 1. The molecule has 1 aliphatic heterocycles. The van der Waals surface area contributed by atoms with Crippen LogP contribution in [0.15, 0.2) is 78.4 Å². The van der Waals surface area contributed by atoms with Gasteiger partial charge in [0.1, 0.15) is 5.75 Å². The van der Waals surface area contributed by atoms with E-state index >= 15 is 0 Å². The first-order valence-corrected chi connectivity index (χ1v) is 9.53. The Kier molecular flexibility index (Phi) is 5.45. The second kappa shape index (κ2) is 8.50. The Hall–Kier alpha value is -4.10. The van der Waals surface area contributed by atoms with Gasteiger partial charge in [0.2, 0.25) is 5.78 Å². The Morgan fingerprint density at radius 3 is 2.47 bits per heavy atom. The summed E-state index contributed by atoms with van der Waals surface area (Å²) < 4.78 is 5.16. The number of benzene rings is 3. The van der Waals surface area contributed by atoms with E-state index in [1.807, 2.05) is 54.6 Å². The number of hydrogen-bond acceptors (Lipinski definition) is 3. The van der Waals surface area contributed by atoms with Crippen LogP contribution < -0.4 is 10.1 Å². The summed E-state index contributed by atoms with van der Waals surface area (Å²) in [7, 11) is 1.63. The molecular weight excluding hydrogens is 374 g/mol. The maximum atomic E-state index is 13.0. The van der Waals surface area contributed by atoms with E-state index in [1.165, 1.54) is 0 Å². The number of anilines is 1. The van der Waals surface area contributed by atoms with Gasteiger partial charge in [-0.05, 0) is 47.5 Å². The highest BCUT2D eigenvalue weighted by Gasteiger charge is 2.28. The van der Waals surface area contributed by atoms with E-state index in [0.717, 1.165) is 22.4 Å². The van der Waals surface area contributed by atoms with Crippen LogP contribution in [0.5, 0.6) is 5.75 Å². The average molecular weight is 393 g/mol. The van der Waals surface area contributed by atoms with Crippen molar-refractivity contribution in [1.29, 1.82) is 0 Å². The van der Waals surface area contributed by atoms with Crippen molar-refractivity contribution in [2.45, 2.75) is 6.42 Å². The van der Waals surface area contributed by atoms with E-state index in [1.54, 1.807) is 31.4 Å². The third kappa shape index (κ3) is 4.16. The van der Waals surface area contributed by atoms with Crippen molar-refractivity contribution in [3.63, 3.8) is 0 Å². The zero-order valence-electron chi connectivity index (χ0n) is 16.4. The minimum atomic E-state index is -0.394. The Labute approximate surface area is 175 Å². The predicted molar refractivity (Wildman–Crippen MR) is 117 cm³/mol. The van der Waals surface area contributed by atoms with Gasteiger partial charge in [0.25, 0.3) is 5.91 Å². The fourth-order valence-corrected chi connectivity index (χ4v) is 3.20. The van der Waals surface area contributed by atoms with Crippen LogP contribution in [0.4, 0.5) is 5.69 Å². The number of hydrogen-bond donors (Lipinski definition) is 1. The summed E-state index contributed by atoms with van der Waals surface area (Å²) in [4.78, 5) is 25.3. The molecule has 4 nitrogen and oxygen atoms in total. The lowest BCUT2D eigenvalue weighted by atomic mass is 9.94. The Morgan fingerprint density at radius 2 is 1.73 bits per heavy atom. The van der Waals surface area contributed by atoms with Crippen molar-refractivity contribution >= 4 is 23.5 Å². The van der Waals surface area contributed by atoms with Crippen LogP contribution in [0.2, 0.25) is 0 Å². The molecule has 1 heterocycles. The van der Waals surface area contributed by atoms with E-state index in [9.17, 15) is 9.59 Å². The number of Topliss-reactive ketones (excluding diaryl/α,β-unsaturated/α-hetero) is 1. The van der Waals surface area contributed by atoms with Gasteiger partial charge in [-0.15, -0.1) is 0 Å². The molecule has 1 N–H and O–H groups in total. The number of ether oxygens (including phenoxy) is 1. The van der Waals surface area contributed by atoms with Crippen LogP contribution in [0, 0.1) is 11.8 Å². The van der Waals surface area contributed by atoms with E-state index < -0.39 is 5.91 Å². The maximum Gasteiger partial charge on any atom is 0.259 e. The second-order valence-electron chi connectivity index (χ2n) is 6.84. The van der Waals surface area contributed by atoms with Crippen molar-refractivity contribution in [2.24, 2.45) is 0 Å². The molecule has 0 spiro atoms. The molecule has 0 atom stereocenters. The molecule has 3 aromatic rings. The average Bonchev–Trinajstić information content (AvgIpc) is 2.78. The minimum absolute atomic E-state index is 0.122. The summed E-state index contributed by atoms with van der Waals surface area (Å²) in [5, 5.41) is 2.79. The fourth-order valence-electron chi connectivity index (χ4n) is 3.20. The number of carbonyl (C=O) groups excluding carboxylic acids is 2.